The van der Waals surface area contributed by atoms with Gasteiger partial charge in [-0.15, -0.1) is 0 Å². The van der Waals surface area contributed by atoms with Gasteiger partial charge in [0.25, 0.3) is 5.91 Å². The molecule has 0 spiro atoms. The molecule has 4 rings (SSSR count). The van der Waals surface area contributed by atoms with E-state index in [4.69, 9.17) is 18.9 Å². The number of methoxy groups -OCH3 is 1. The molecule has 0 radical (unpaired) electrons. The lowest BCUT2D eigenvalue weighted by Gasteiger charge is -2.33. The van der Waals surface area contributed by atoms with Gasteiger partial charge in [0.1, 0.15) is 11.5 Å². The third kappa shape index (κ3) is 4.24. The van der Waals surface area contributed by atoms with Gasteiger partial charge in [0.05, 0.1) is 7.11 Å². The Morgan fingerprint density at radius 1 is 1.14 bits per heavy atom. The molecule has 1 fully saturated rings. The van der Waals surface area contributed by atoms with Crippen LogP contribution in [-0.4, -0.2) is 50.4 Å². The Hall–Kier alpha value is -3.09. The molecule has 0 unspecified atom stereocenters. The minimum Gasteiger partial charge on any atom is -0.497 e. The van der Waals surface area contributed by atoms with Crippen molar-refractivity contribution >= 4 is 11.6 Å². The van der Waals surface area contributed by atoms with E-state index in [1.54, 1.807) is 25.3 Å². The Balaban J connectivity index is 1.29. The highest BCUT2D eigenvalue weighted by molar-refractivity contribution is 5.78. The first-order chi connectivity index (χ1) is 13.7. The molecule has 1 saturated heterocycles. The molecule has 7 heteroatoms. The first-order valence-electron chi connectivity index (χ1n) is 9.42. The summed E-state index contributed by atoms with van der Waals surface area (Å²) in [4.78, 5) is 14.4. The third-order valence-electron chi connectivity index (χ3n) is 4.94. The number of benzene rings is 2. The van der Waals surface area contributed by atoms with Crippen molar-refractivity contribution in [2.75, 3.05) is 38.9 Å². The molecule has 28 heavy (non-hydrogen) atoms. The van der Waals surface area contributed by atoms with E-state index >= 15 is 0 Å². The number of hydrogen-bond acceptors (Lipinski definition) is 6. The van der Waals surface area contributed by atoms with Crippen LogP contribution in [0.1, 0.15) is 12.8 Å². The lowest BCUT2D eigenvalue weighted by atomic mass is 10.1. The Morgan fingerprint density at radius 3 is 2.75 bits per heavy atom. The fourth-order valence-electron chi connectivity index (χ4n) is 3.45. The minimum absolute atomic E-state index is 0.00883. The van der Waals surface area contributed by atoms with Crippen LogP contribution in [0.25, 0.3) is 0 Å². The van der Waals surface area contributed by atoms with Gasteiger partial charge in [0.2, 0.25) is 6.79 Å². The predicted octanol–water partition coefficient (Wildman–Crippen LogP) is 2.91. The number of ether oxygens (including phenoxy) is 4. The molecule has 2 aromatic rings. The van der Waals surface area contributed by atoms with Crippen molar-refractivity contribution in [2.24, 2.45) is 0 Å². The van der Waals surface area contributed by atoms with Crippen LogP contribution >= 0.6 is 0 Å². The van der Waals surface area contributed by atoms with Crippen LogP contribution < -0.4 is 24.3 Å². The number of anilines is 1. The number of hydrogen-bond donors (Lipinski definition) is 1. The normalized spacial score (nSPS) is 17.9. The Bertz CT molecular complexity index is 824. The molecule has 148 valence electrons. The van der Waals surface area contributed by atoms with Crippen molar-refractivity contribution < 1.29 is 23.7 Å². The smallest absolute Gasteiger partial charge is 0.260 e. The number of piperidine rings is 1. The van der Waals surface area contributed by atoms with Gasteiger partial charge in [0, 0.05) is 30.9 Å². The van der Waals surface area contributed by atoms with E-state index < -0.39 is 0 Å². The van der Waals surface area contributed by atoms with Gasteiger partial charge in [-0.3, -0.25) is 4.79 Å². The molecular formula is C21H24N2O5. The molecule has 0 saturated carbocycles. The molecule has 7 nitrogen and oxygen atoms in total. The van der Waals surface area contributed by atoms with E-state index in [1.807, 2.05) is 29.2 Å². The number of carbonyl (C=O) groups excluding carboxylic acids is 1. The van der Waals surface area contributed by atoms with Crippen molar-refractivity contribution in [3.05, 3.63) is 42.5 Å². The van der Waals surface area contributed by atoms with Crippen LogP contribution in [0, 0.1) is 0 Å². The van der Waals surface area contributed by atoms with Crippen LogP contribution in [0.4, 0.5) is 5.69 Å². The molecule has 1 N–H and O–H groups in total. The van der Waals surface area contributed by atoms with Crippen LogP contribution in [-0.2, 0) is 4.79 Å². The first-order valence-corrected chi connectivity index (χ1v) is 9.42. The number of nitrogens with zero attached hydrogens (tertiary/aromatic N) is 1. The highest BCUT2D eigenvalue weighted by atomic mass is 16.7. The quantitative estimate of drug-likeness (QED) is 0.826. The predicted molar refractivity (Wildman–Crippen MR) is 104 cm³/mol. The number of rotatable bonds is 6. The van der Waals surface area contributed by atoms with Gasteiger partial charge in [-0.1, -0.05) is 0 Å². The second-order valence-corrected chi connectivity index (χ2v) is 6.86. The minimum atomic E-state index is -0.0149. The summed E-state index contributed by atoms with van der Waals surface area (Å²) in [5.41, 5.74) is 1.02. The van der Waals surface area contributed by atoms with Gasteiger partial charge in [0.15, 0.2) is 18.1 Å². The van der Waals surface area contributed by atoms with E-state index in [0.717, 1.165) is 30.8 Å². The van der Waals surface area contributed by atoms with Gasteiger partial charge in [-0.25, -0.2) is 0 Å². The maximum atomic E-state index is 12.6. The molecule has 2 aliphatic rings. The standard InChI is InChI=1S/C21H24N2O5/c1-25-17-6-4-15(5-7-17)22-16-3-2-10-23(12-16)21(24)13-26-18-8-9-19-20(11-18)28-14-27-19/h4-9,11,16,22H,2-3,10,12-14H2,1H3/t16-/m0/s1. The first kappa shape index (κ1) is 18.3. The molecule has 2 heterocycles. The highest BCUT2D eigenvalue weighted by Crippen LogP contribution is 2.35. The zero-order valence-corrected chi connectivity index (χ0v) is 15.8. The average molecular weight is 384 g/mol. The van der Waals surface area contributed by atoms with Crippen LogP contribution in [0.2, 0.25) is 0 Å². The van der Waals surface area contributed by atoms with Crippen molar-refractivity contribution in [1.29, 1.82) is 0 Å². The summed E-state index contributed by atoms with van der Waals surface area (Å²) in [5, 5.41) is 3.50. The number of nitrogens with one attached hydrogen (secondary N) is 1. The Morgan fingerprint density at radius 2 is 1.93 bits per heavy atom. The summed E-state index contributed by atoms with van der Waals surface area (Å²) >= 11 is 0. The Kier molecular flexibility index (Phi) is 5.41. The van der Waals surface area contributed by atoms with Gasteiger partial charge < -0.3 is 29.2 Å². The molecule has 2 aromatic carbocycles. The van der Waals surface area contributed by atoms with Crippen LogP contribution in [0.3, 0.4) is 0 Å². The molecular weight excluding hydrogens is 360 g/mol. The van der Waals surface area contributed by atoms with E-state index in [2.05, 4.69) is 5.32 Å². The number of likely N-dealkylation sites (tertiary alicyclic amines) is 1. The topological polar surface area (TPSA) is 69.3 Å². The number of fused-ring (bicyclic) bond motifs is 1. The van der Waals surface area contributed by atoms with E-state index in [-0.39, 0.29) is 25.3 Å². The maximum absolute atomic E-state index is 12.6. The summed E-state index contributed by atoms with van der Waals surface area (Å²) in [6.07, 6.45) is 1.99. The van der Waals surface area contributed by atoms with Gasteiger partial charge in [-0.05, 0) is 49.2 Å². The zero-order valence-electron chi connectivity index (χ0n) is 15.8. The fraction of sp³-hybridized carbons (Fsp3) is 0.381. The summed E-state index contributed by atoms with van der Waals surface area (Å²) in [7, 11) is 1.65. The van der Waals surface area contributed by atoms with Gasteiger partial charge in [-0.2, -0.15) is 0 Å². The SMILES string of the molecule is COc1ccc(N[C@H]2CCCN(C(=O)COc3ccc4c(c3)OCO4)C2)cc1. The van der Waals surface area contributed by atoms with Crippen LogP contribution in [0.5, 0.6) is 23.0 Å². The molecule has 0 bridgehead atoms. The van der Waals surface area contributed by atoms with Crippen LogP contribution in [0.15, 0.2) is 42.5 Å². The van der Waals surface area contributed by atoms with Crippen molar-refractivity contribution in [1.82, 2.24) is 4.90 Å². The van der Waals surface area contributed by atoms with E-state index in [9.17, 15) is 4.79 Å². The number of amides is 1. The van der Waals surface area contributed by atoms with E-state index in [1.165, 1.54) is 0 Å². The van der Waals surface area contributed by atoms with Crippen molar-refractivity contribution in [3.8, 4) is 23.0 Å². The third-order valence-corrected chi connectivity index (χ3v) is 4.94. The fourth-order valence-corrected chi connectivity index (χ4v) is 3.45. The molecule has 0 aromatic heterocycles. The van der Waals surface area contributed by atoms with E-state index in [0.29, 0.717) is 23.8 Å². The molecule has 2 aliphatic heterocycles. The molecule has 0 aliphatic carbocycles. The second kappa shape index (κ2) is 8.29. The lowest BCUT2D eigenvalue weighted by molar-refractivity contribution is -0.134. The zero-order chi connectivity index (χ0) is 19.3. The maximum Gasteiger partial charge on any atom is 0.260 e. The summed E-state index contributed by atoms with van der Waals surface area (Å²) < 4.78 is 21.5. The Labute approximate surface area is 164 Å². The molecule has 1 atom stereocenters. The second-order valence-electron chi connectivity index (χ2n) is 6.86. The largest absolute Gasteiger partial charge is 0.497 e. The summed E-state index contributed by atoms with van der Waals surface area (Å²) in [6.45, 7) is 1.64. The van der Waals surface area contributed by atoms with Crippen molar-refractivity contribution in [2.45, 2.75) is 18.9 Å². The highest BCUT2D eigenvalue weighted by Gasteiger charge is 2.24. The van der Waals surface area contributed by atoms with Gasteiger partial charge >= 0.3 is 0 Å². The average Bonchev–Trinajstić information content (AvgIpc) is 3.20. The molecule has 1 amide bonds. The summed E-state index contributed by atoms with van der Waals surface area (Å²) in [6, 6.07) is 13.4. The number of carbonyl (C=O) groups is 1. The summed E-state index contributed by atoms with van der Waals surface area (Å²) in [5.74, 6) is 2.75. The van der Waals surface area contributed by atoms with Crippen molar-refractivity contribution in [3.63, 3.8) is 0 Å². The monoisotopic (exact) mass is 384 g/mol. The lowest BCUT2D eigenvalue weighted by Crippen LogP contribution is -2.46.